The summed E-state index contributed by atoms with van der Waals surface area (Å²) in [5.74, 6) is 0.430. The lowest BCUT2D eigenvalue weighted by Crippen LogP contribution is -2.35. The van der Waals surface area contributed by atoms with Crippen molar-refractivity contribution in [3.8, 4) is 0 Å². The van der Waals surface area contributed by atoms with Gasteiger partial charge in [-0.1, -0.05) is 37.0 Å². The molecule has 0 spiro atoms. The lowest BCUT2D eigenvalue weighted by Gasteiger charge is -2.25. The molecular weight excluding hydrogens is 313 g/mol. The van der Waals surface area contributed by atoms with Crippen LogP contribution in [-0.4, -0.2) is 25.8 Å². The second kappa shape index (κ2) is 6.09. The molecule has 0 unspecified atom stereocenters. The largest absolute Gasteiger partial charge is 0.245 e. The molecule has 0 amide bonds. The summed E-state index contributed by atoms with van der Waals surface area (Å²) in [6.45, 7) is 6.01. The van der Waals surface area contributed by atoms with Crippen molar-refractivity contribution in [2.75, 3.05) is 7.05 Å². The van der Waals surface area contributed by atoms with E-state index in [1.807, 2.05) is 6.92 Å². The Balaban J connectivity index is 3.03. The van der Waals surface area contributed by atoms with Crippen LogP contribution in [0, 0.1) is 5.92 Å². The third kappa shape index (κ3) is 3.61. The van der Waals surface area contributed by atoms with Gasteiger partial charge < -0.3 is 0 Å². The summed E-state index contributed by atoms with van der Waals surface area (Å²) in [5.41, 5.74) is 0. The first-order valence-electron chi connectivity index (χ1n) is 5.59. The highest BCUT2D eigenvalue weighted by atomic mass is 35.5. The highest BCUT2D eigenvalue weighted by Crippen LogP contribution is 2.36. The van der Waals surface area contributed by atoms with Gasteiger partial charge in [-0.05, 0) is 25.3 Å². The molecule has 1 heterocycles. The summed E-state index contributed by atoms with van der Waals surface area (Å²) in [4.78, 5) is 0.0947. The first kappa shape index (κ1) is 16.2. The Morgan fingerprint density at radius 3 is 2.28 bits per heavy atom. The maximum atomic E-state index is 12.4. The van der Waals surface area contributed by atoms with Gasteiger partial charge in [0.25, 0.3) is 0 Å². The maximum Gasteiger partial charge on any atom is 0.245 e. The van der Waals surface area contributed by atoms with E-state index in [9.17, 15) is 8.42 Å². The van der Waals surface area contributed by atoms with Crippen molar-refractivity contribution in [3.05, 3.63) is 14.7 Å². The summed E-state index contributed by atoms with van der Waals surface area (Å²) < 4.78 is 26.7. The van der Waals surface area contributed by atoms with Crippen molar-refractivity contribution >= 4 is 44.6 Å². The first-order valence-corrected chi connectivity index (χ1v) is 8.60. The van der Waals surface area contributed by atoms with Gasteiger partial charge in [0.15, 0.2) is 0 Å². The minimum absolute atomic E-state index is 0.0789. The molecule has 0 N–H and O–H groups in total. The van der Waals surface area contributed by atoms with Crippen molar-refractivity contribution in [1.29, 1.82) is 0 Å². The molecule has 1 atom stereocenters. The monoisotopic (exact) mass is 329 g/mol. The molecule has 104 valence electrons. The van der Waals surface area contributed by atoms with E-state index in [0.29, 0.717) is 10.3 Å². The minimum atomic E-state index is -3.57. The Bertz CT molecular complexity index is 511. The van der Waals surface area contributed by atoms with Crippen molar-refractivity contribution in [1.82, 2.24) is 4.31 Å². The predicted molar refractivity (Wildman–Crippen MR) is 78.2 cm³/mol. The van der Waals surface area contributed by atoms with Gasteiger partial charge >= 0.3 is 0 Å². The number of nitrogens with zero attached hydrogens (tertiary/aromatic N) is 1. The van der Waals surface area contributed by atoms with Crippen LogP contribution in [-0.2, 0) is 10.0 Å². The number of hydrogen-bond acceptors (Lipinski definition) is 3. The average molecular weight is 330 g/mol. The van der Waals surface area contributed by atoms with Crippen molar-refractivity contribution < 1.29 is 8.42 Å². The van der Waals surface area contributed by atoms with Gasteiger partial charge in [-0.3, -0.25) is 0 Å². The van der Waals surface area contributed by atoms with Crippen LogP contribution in [0.15, 0.2) is 11.0 Å². The van der Waals surface area contributed by atoms with Crippen molar-refractivity contribution in [2.24, 2.45) is 5.92 Å². The number of sulfonamides is 1. The van der Waals surface area contributed by atoms with E-state index in [1.54, 1.807) is 7.05 Å². The zero-order valence-electron chi connectivity index (χ0n) is 10.8. The molecule has 0 aromatic carbocycles. The van der Waals surface area contributed by atoms with Gasteiger partial charge in [0, 0.05) is 13.1 Å². The number of thiophene rings is 1. The topological polar surface area (TPSA) is 37.4 Å². The third-order valence-corrected chi connectivity index (χ3v) is 6.44. The van der Waals surface area contributed by atoms with Crippen LogP contribution >= 0.6 is 34.5 Å². The van der Waals surface area contributed by atoms with Crippen LogP contribution in [0.3, 0.4) is 0 Å². The molecule has 0 aliphatic carbocycles. The van der Waals surface area contributed by atoms with Crippen molar-refractivity contribution in [2.45, 2.75) is 38.1 Å². The highest BCUT2D eigenvalue weighted by molar-refractivity contribution is 7.89. The van der Waals surface area contributed by atoms with Crippen LogP contribution in [0.4, 0.5) is 0 Å². The van der Waals surface area contributed by atoms with Crippen LogP contribution in [0.25, 0.3) is 0 Å². The van der Waals surface area contributed by atoms with Crippen molar-refractivity contribution in [3.63, 3.8) is 0 Å². The molecule has 18 heavy (non-hydrogen) atoms. The van der Waals surface area contributed by atoms with Gasteiger partial charge in [0.2, 0.25) is 10.0 Å². The van der Waals surface area contributed by atoms with E-state index >= 15 is 0 Å². The minimum Gasteiger partial charge on any atom is -0.207 e. The first-order chi connectivity index (χ1) is 8.16. The van der Waals surface area contributed by atoms with Gasteiger partial charge in [-0.15, -0.1) is 11.3 Å². The number of halogens is 2. The Labute approximate surface area is 123 Å². The van der Waals surface area contributed by atoms with E-state index in [4.69, 9.17) is 23.2 Å². The quantitative estimate of drug-likeness (QED) is 0.815. The Morgan fingerprint density at radius 2 is 1.89 bits per heavy atom. The summed E-state index contributed by atoms with van der Waals surface area (Å²) in [5, 5.41) is 0. The molecule has 0 aliphatic heterocycles. The van der Waals surface area contributed by atoms with Crippen LogP contribution in [0.5, 0.6) is 0 Å². The molecule has 0 saturated heterocycles. The summed E-state index contributed by atoms with van der Waals surface area (Å²) in [6.07, 6.45) is 0.797. The molecular formula is C11H17Cl2NO2S2. The normalized spacial score (nSPS) is 14.4. The average Bonchev–Trinajstić information content (AvgIpc) is 2.56. The van der Waals surface area contributed by atoms with Gasteiger partial charge in [0.05, 0.1) is 4.34 Å². The lowest BCUT2D eigenvalue weighted by atomic mass is 10.1. The Morgan fingerprint density at radius 1 is 1.33 bits per heavy atom. The third-order valence-electron chi connectivity index (χ3n) is 2.72. The molecule has 1 rings (SSSR count). The second-order valence-electron chi connectivity index (χ2n) is 4.69. The van der Waals surface area contributed by atoms with E-state index in [0.717, 1.165) is 17.8 Å². The molecule has 0 saturated carbocycles. The molecule has 7 heteroatoms. The van der Waals surface area contributed by atoms with E-state index < -0.39 is 10.0 Å². The van der Waals surface area contributed by atoms with Gasteiger partial charge in [-0.2, -0.15) is 4.31 Å². The fourth-order valence-electron chi connectivity index (χ4n) is 1.72. The van der Waals surface area contributed by atoms with E-state index in [-0.39, 0.29) is 15.3 Å². The summed E-state index contributed by atoms with van der Waals surface area (Å²) >= 11 is 12.8. The zero-order chi connectivity index (χ0) is 14.1. The maximum absolute atomic E-state index is 12.4. The van der Waals surface area contributed by atoms with E-state index in [1.165, 1.54) is 10.4 Å². The van der Waals surface area contributed by atoms with E-state index in [2.05, 4.69) is 13.8 Å². The summed E-state index contributed by atoms with van der Waals surface area (Å²) in [7, 11) is -1.99. The highest BCUT2D eigenvalue weighted by Gasteiger charge is 2.29. The van der Waals surface area contributed by atoms with Gasteiger partial charge in [0.1, 0.15) is 9.23 Å². The smallest absolute Gasteiger partial charge is 0.207 e. The van der Waals surface area contributed by atoms with Crippen LogP contribution in [0.1, 0.15) is 27.2 Å². The zero-order valence-corrected chi connectivity index (χ0v) is 13.9. The Kier molecular flexibility index (Phi) is 5.50. The van der Waals surface area contributed by atoms with Crippen LogP contribution in [0.2, 0.25) is 8.67 Å². The molecule has 0 aliphatic rings. The fraction of sp³-hybridized carbons (Fsp3) is 0.636. The number of rotatable bonds is 5. The SMILES string of the molecule is CC(C)C[C@@H](C)N(C)S(=O)(=O)c1cc(Cl)sc1Cl. The molecule has 1 aromatic rings. The predicted octanol–water partition coefficient (Wildman–Crippen LogP) is 4.11. The van der Waals surface area contributed by atoms with Gasteiger partial charge in [-0.25, -0.2) is 8.42 Å². The lowest BCUT2D eigenvalue weighted by molar-refractivity contribution is 0.338. The van der Waals surface area contributed by atoms with Crippen LogP contribution < -0.4 is 0 Å². The molecule has 3 nitrogen and oxygen atoms in total. The molecule has 1 aromatic heterocycles. The standard InChI is InChI=1S/C11H17Cl2NO2S2/c1-7(2)5-8(3)14(4)18(15,16)9-6-10(12)17-11(9)13/h6-8H,5H2,1-4H3/t8-/m1/s1. The second-order valence-corrected chi connectivity index (χ2v) is 8.94. The molecule has 0 radical (unpaired) electrons. The fourth-order valence-corrected chi connectivity index (χ4v) is 5.21. The molecule has 0 bridgehead atoms. The molecule has 0 fully saturated rings. The summed E-state index contributed by atoms with van der Waals surface area (Å²) in [6, 6.07) is 1.33. The Hall–Kier alpha value is 0.190. The number of hydrogen-bond donors (Lipinski definition) is 0.